The molecule has 1 nitrogen and oxygen atoms in total. The smallest absolute Gasteiger partial charge is 0.0931 e. The van der Waals surface area contributed by atoms with Crippen LogP contribution in [0.4, 0.5) is 0 Å². The van der Waals surface area contributed by atoms with Gasteiger partial charge >= 0.3 is 0 Å². The van der Waals surface area contributed by atoms with Crippen LogP contribution in [0.1, 0.15) is 18.2 Å². The molecule has 1 saturated carbocycles. The molecule has 2 rings (SSSR count). The molecule has 1 aromatic heterocycles. The Morgan fingerprint density at radius 1 is 1.69 bits per heavy atom. The minimum absolute atomic E-state index is 0.162. The molecule has 0 saturated heterocycles. The van der Waals surface area contributed by atoms with E-state index in [9.17, 15) is 5.11 Å². The minimum Gasteiger partial charge on any atom is -0.392 e. The third kappa shape index (κ3) is 2.25. The first-order valence-corrected chi connectivity index (χ1v) is 5.78. The zero-order valence-corrected chi connectivity index (χ0v) is 9.11. The van der Waals surface area contributed by atoms with Crippen molar-refractivity contribution < 1.29 is 5.11 Å². The summed E-state index contributed by atoms with van der Waals surface area (Å²) >= 11 is 7.37. The largest absolute Gasteiger partial charge is 0.392 e. The monoisotopic (exact) mass is 216 g/mol. The summed E-state index contributed by atoms with van der Waals surface area (Å²) in [5.41, 5.74) is 0. The number of rotatable bonds is 3. The van der Waals surface area contributed by atoms with Crippen LogP contribution in [0.2, 0.25) is 4.34 Å². The summed E-state index contributed by atoms with van der Waals surface area (Å²) in [4.78, 5) is 1.19. The summed E-state index contributed by atoms with van der Waals surface area (Å²) in [5.74, 6) is 1.24. The third-order valence-corrected chi connectivity index (χ3v) is 3.96. The number of aliphatic hydroxyl groups excluding tert-OH is 1. The molecule has 1 aliphatic carbocycles. The fourth-order valence-electron chi connectivity index (χ4n) is 1.71. The Labute approximate surface area is 87.4 Å². The van der Waals surface area contributed by atoms with Gasteiger partial charge in [-0.05, 0) is 30.4 Å². The molecule has 0 aromatic carbocycles. The zero-order valence-electron chi connectivity index (χ0n) is 7.53. The van der Waals surface area contributed by atoms with E-state index >= 15 is 0 Å². The molecule has 13 heavy (non-hydrogen) atoms. The summed E-state index contributed by atoms with van der Waals surface area (Å²) in [6, 6.07) is 3.90. The van der Waals surface area contributed by atoms with Gasteiger partial charge in [-0.15, -0.1) is 11.3 Å². The van der Waals surface area contributed by atoms with Gasteiger partial charge < -0.3 is 5.11 Å². The molecule has 72 valence electrons. The van der Waals surface area contributed by atoms with E-state index in [2.05, 4.69) is 6.92 Å². The lowest BCUT2D eigenvalue weighted by Crippen LogP contribution is -2.12. The molecule has 1 N–H and O–H groups in total. The van der Waals surface area contributed by atoms with Crippen LogP contribution >= 0.6 is 22.9 Å². The van der Waals surface area contributed by atoms with Crippen molar-refractivity contribution in [3.63, 3.8) is 0 Å². The van der Waals surface area contributed by atoms with E-state index in [1.165, 1.54) is 11.3 Å². The average Bonchev–Trinajstić information content (AvgIpc) is 2.66. The summed E-state index contributed by atoms with van der Waals surface area (Å²) < 4.78 is 0.811. The van der Waals surface area contributed by atoms with Crippen LogP contribution in [0.15, 0.2) is 12.1 Å². The first-order valence-electron chi connectivity index (χ1n) is 4.59. The van der Waals surface area contributed by atoms with E-state index in [0.29, 0.717) is 11.8 Å². The first-order chi connectivity index (χ1) is 6.16. The molecule has 1 fully saturated rings. The van der Waals surface area contributed by atoms with E-state index in [0.717, 1.165) is 10.8 Å². The van der Waals surface area contributed by atoms with Gasteiger partial charge in [0, 0.05) is 11.3 Å². The van der Waals surface area contributed by atoms with Gasteiger partial charge in [-0.25, -0.2) is 0 Å². The Morgan fingerprint density at radius 3 is 2.85 bits per heavy atom. The molecule has 0 radical (unpaired) electrons. The lowest BCUT2D eigenvalue weighted by atomic mass is 10.1. The Balaban J connectivity index is 1.91. The van der Waals surface area contributed by atoms with Gasteiger partial charge in [-0.1, -0.05) is 18.5 Å². The van der Waals surface area contributed by atoms with Gasteiger partial charge in [0.15, 0.2) is 0 Å². The predicted molar refractivity (Wildman–Crippen MR) is 56.3 cm³/mol. The number of halogens is 1. The van der Waals surface area contributed by atoms with E-state index in [4.69, 9.17) is 11.6 Å². The SMILES string of the molecule is CC1CC1C(O)Cc1ccc(Cl)s1. The molecule has 3 heteroatoms. The molecule has 3 unspecified atom stereocenters. The Hall–Kier alpha value is -0.0500. The maximum Gasteiger partial charge on any atom is 0.0931 e. The maximum absolute atomic E-state index is 9.79. The van der Waals surface area contributed by atoms with E-state index in [-0.39, 0.29) is 6.10 Å². The topological polar surface area (TPSA) is 20.2 Å². The van der Waals surface area contributed by atoms with Crippen molar-refractivity contribution >= 4 is 22.9 Å². The van der Waals surface area contributed by atoms with Crippen LogP contribution in [0, 0.1) is 11.8 Å². The second-order valence-electron chi connectivity index (χ2n) is 3.85. The Kier molecular flexibility index (Phi) is 2.63. The molecule has 0 spiro atoms. The number of aliphatic hydroxyl groups is 1. The van der Waals surface area contributed by atoms with E-state index in [1.54, 1.807) is 11.3 Å². The summed E-state index contributed by atoms with van der Waals surface area (Å²) in [5, 5.41) is 9.79. The van der Waals surface area contributed by atoms with Gasteiger partial charge in [0.2, 0.25) is 0 Å². The molecule has 3 atom stereocenters. The maximum atomic E-state index is 9.79. The van der Waals surface area contributed by atoms with Crippen LogP contribution in [-0.2, 0) is 6.42 Å². The van der Waals surface area contributed by atoms with Crippen molar-refractivity contribution in [2.45, 2.75) is 25.9 Å². The fourth-order valence-corrected chi connectivity index (χ4v) is 2.84. The third-order valence-electron chi connectivity index (χ3n) is 2.71. The molecule has 0 amide bonds. The number of hydrogen-bond acceptors (Lipinski definition) is 2. The van der Waals surface area contributed by atoms with Gasteiger partial charge in [-0.2, -0.15) is 0 Å². The van der Waals surface area contributed by atoms with Crippen LogP contribution in [0.3, 0.4) is 0 Å². The van der Waals surface area contributed by atoms with Gasteiger partial charge in [0.1, 0.15) is 0 Å². The second kappa shape index (κ2) is 3.60. The zero-order chi connectivity index (χ0) is 9.42. The van der Waals surface area contributed by atoms with Crippen molar-refractivity contribution in [2.75, 3.05) is 0 Å². The van der Waals surface area contributed by atoms with Crippen molar-refractivity contribution in [1.29, 1.82) is 0 Å². The highest BCUT2D eigenvalue weighted by Crippen LogP contribution is 2.41. The summed E-state index contributed by atoms with van der Waals surface area (Å²) in [7, 11) is 0. The molecule has 0 aliphatic heterocycles. The van der Waals surface area contributed by atoms with E-state index < -0.39 is 0 Å². The number of thiophene rings is 1. The predicted octanol–water partition coefficient (Wildman–Crippen LogP) is 2.96. The quantitative estimate of drug-likeness (QED) is 0.824. The van der Waals surface area contributed by atoms with Gasteiger partial charge in [-0.3, -0.25) is 0 Å². The highest BCUT2D eigenvalue weighted by molar-refractivity contribution is 7.16. The Bertz CT molecular complexity index is 297. The van der Waals surface area contributed by atoms with Crippen molar-refractivity contribution in [3.05, 3.63) is 21.3 Å². The van der Waals surface area contributed by atoms with Gasteiger partial charge in [0.05, 0.1) is 10.4 Å². The molecule has 1 aliphatic rings. The van der Waals surface area contributed by atoms with Crippen molar-refractivity contribution in [1.82, 2.24) is 0 Å². The van der Waals surface area contributed by atoms with Crippen LogP contribution in [0.25, 0.3) is 0 Å². The molecule has 1 aromatic rings. The van der Waals surface area contributed by atoms with Crippen LogP contribution < -0.4 is 0 Å². The standard InChI is InChI=1S/C10H13ClOS/c1-6-4-8(6)9(12)5-7-2-3-10(11)13-7/h2-3,6,8-9,12H,4-5H2,1H3. The first kappa shape index (κ1) is 9.50. The van der Waals surface area contributed by atoms with Crippen LogP contribution in [-0.4, -0.2) is 11.2 Å². The average molecular weight is 217 g/mol. The van der Waals surface area contributed by atoms with Crippen LogP contribution in [0.5, 0.6) is 0 Å². The second-order valence-corrected chi connectivity index (χ2v) is 5.65. The Morgan fingerprint density at radius 2 is 2.38 bits per heavy atom. The summed E-state index contributed by atoms with van der Waals surface area (Å²) in [6.45, 7) is 2.19. The lowest BCUT2D eigenvalue weighted by molar-refractivity contribution is 0.147. The fraction of sp³-hybridized carbons (Fsp3) is 0.600. The highest BCUT2D eigenvalue weighted by atomic mass is 35.5. The number of hydrogen-bond donors (Lipinski definition) is 1. The highest BCUT2D eigenvalue weighted by Gasteiger charge is 2.38. The normalized spacial score (nSPS) is 28.8. The summed E-state index contributed by atoms with van der Waals surface area (Å²) in [6.07, 6.45) is 1.79. The molecular weight excluding hydrogens is 204 g/mol. The molecule has 0 bridgehead atoms. The van der Waals surface area contributed by atoms with Crippen molar-refractivity contribution in [3.8, 4) is 0 Å². The van der Waals surface area contributed by atoms with Crippen molar-refractivity contribution in [2.24, 2.45) is 11.8 Å². The lowest BCUT2D eigenvalue weighted by Gasteiger charge is -2.06. The minimum atomic E-state index is -0.162. The van der Waals surface area contributed by atoms with Gasteiger partial charge in [0.25, 0.3) is 0 Å². The molecule has 1 heterocycles. The molecular formula is C10H13ClOS. The van der Waals surface area contributed by atoms with E-state index in [1.807, 2.05) is 12.1 Å².